The summed E-state index contributed by atoms with van der Waals surface area (Å²) in [6.07, 6.45) is 6.49. The van der Waals surface area contributed by atoms with Crippen LogP contribution in [-0.2, 0) is 12.8 Å². The fraction of sp³-hybridized carbons (Fsp3) is 0.217. The Kier molecular flexibility index (Phi) is 4.86. The highest BCUT2D eigenvalue weighted by atomic mass is 35.5. The van der Waals surface area contributed by atoms with Crippen molar-refractivity contribution in [1.29, 1.82) is 0 Å². The Hall–Kier alpha value is -2.63. The molecule has 2 aromatic carbocycles. The van der Waals surface area contributed by atoms with E-state index in [1.165, 1.54) is 36.0 Å². The average molecular weight is 422 g/mol. The molecule has 2 heterocycles. The van der Waals surface area contributed by atoms with Gasteiger partial charge in [-0.05, 0) is 60.6 Å². The Morgan fingerprint density at radius 2 is 1.90 bits per heavy atom. The van der Waals surface area contributed by atoms with E-state index in [-0.39, 0.29) is 0 Å². The highest BCUT2D eigenvalue weighted by molar-refractivity contribution is 7.17. The van der Waals surface area contributed by atoms with E-state index in [0.29, 0.717) is 10.8 Å². The number of hydrogen-bond donors (Lipinski definition) is 1. The van der Waals surface area contributed by atoms with E-state index < -0.39 is 0 Å². The van der Waals surface area contributed by atoms with E-state index in [4.69, 9.17) is 16.3 Å². The smallest absolute Gasteiger partial charge is 0.143 e. The first kappa shape index (κ1) is 18.4. The molecular formula is C23H20ClN3OS. The van der Waals surface area contributed by atoms with Gasteiger partial charge in [-0.2, -0.15) is 0 Å². The van der Waals surface area contributed by atoms with Gasteiger partial charge in [-0.3, -0.25) is 0 Å². The molecule has 0 saturated carbocycles. The van der Waals surface area contributed by atoms with Crippen LogP contribution in [-0.4, -0.2) is 17.1 Å². The number of aromatic nitrogens is 2. The molecule has 5 rings (SSSR count). The van der Waals surface area contributed by atoms with Gasteiger partial charge in [-0.25, -0.2) is 9.97 Å². The van der Waals surface area contributed by atoms with Crippen LogP contribution in [0.4, 0.5) is 11.5 Å². The maximum Gasteiger partial charge on any atom is 0.143 e. The molecule has 146 valence electrons. The standard InChI is InChI=1S/C23H20ClN3OS/c1-28-20-9-8-17(24)11-19(20)27-22-21-18(12-29-23(21)26-13-25-22)16-7-6-14-4-2-3-5-15(14)10-16/h6-13H,2-5H2,1H3,(H,25,26,27). The lowest BCUT2D eigenvalue weighted by molar-refractivity contribution is 0.417. The van der Waals surface area contributed by atoms with Crippen LogP contribution in [0.15, 0.2) is 48.1 Å². The monoisotopic (exact) mass is 421 g/mol. The van der Waals surface area contributed by atoms with Crippen molar-refractivity contribution in [1.82, 2.24) is 9.97 Å². The predicted molar refractivity (Wildman–Crippen MR) is 121 cm³/mol. The molecule has 0 fully saturated rings. The van der Waals surface area contributed by atoms with Crippen molar-refractivity contribution < 1.29 is 4.74 Å². The fourth-order valence-electron chi connectivity index (χ4n) is 3.99. The first-order valence-electron chi connectivity index (χ1n) is 9.68. The van der Waals surface area contributed by atoms with Crippen LogP contribution in [0.2, 0.25) is 5.02 Å². The van der Waals surface area contributed by atoms with Gasteiger partial charge in [0.15, 0.2) is 0 Å². The molecule has 4 aromatic rings. The first-order valence-corrected chi connectivity index (χ1v) is 10.9. The van der Waals surface area contributed by atoms with Crippen molar-refractivity contribution in [3.05, 3.63) is 64.3 Å². The van der Waals surface area contributed by atoms with Crippen molar-refractivity contribution in [2.45, 2.75) is 25.7 Å². The number of hydrogen-bond acceptors (Lipinski definition) is 5. The van der Waals surface area contributed by atoms with Gasteiger partial charge >= 0.3 is 0 Å². The summed E-state index contributed by atoms with van der Waals surface area (Å²) in [6.45, 7) is 0. The summed E-state index contributed by atoms with van der Waals surface area (Å²) < 4.78 is 5.48. The van der Waals surface area contributed by atoms with Gasteiger partial charge in [0.1, 0.15) is 22.7 Å². The van der Waals surface area contributed by atoms with Crippen LogP contribution < -0.4 is 10.1 Å². The molecule has 0 spiro atoms. The van der Waals surface area contributed by atoms with Crippen LogP contribution in [0.1, 0.15) is 24.0 Å². The van der Waals surface area contributed by atoms with Crippen molar-refractivity contribution in [2.75, 3.05) is 12.4 Å². The van der Waals surface area contributed by atoms with Gasteiger partial charge in [0.05, 0.1) is 18.2 Å². The van der Waals surface area contributed by atoms with Gasteiger partial charge in [0.2, 0.25) is 0 Å². The van der Waals surface area contributed by atoms with Crippen LogP contribution >= 0.6 is 22.9 Å². The average Bonchev–Trinajstić information content (AvgIpc) is 3.19. The van der Waals surface area contributed by atoms with Gasteiger partial charge in [0, 0.05) is 16.0 Å². The number of aryl methyl sites for hydroxylation is 2. The summed E-state index contributed by atoms with van der Waals surface area (Å²) in [4.78, 5) is 9.98. The molecule has 1 N–H and O–H groups in total. The lowest BCUT2D eigenvalue weighted by Gasteiger charge is -2.17. The summed E-state index contributed by atoms with van der Waals surface area (Å²) in [5, 5.41) is 7.24. The van der Waals surface area contributed by atoms with E-state index >= 15 is 0 Å². The molecule has 1 aliphatic carbocycles. The minimum absolute atomic E-state index is 0.638. The van der Waals surface area contributed by atoms with Gasteiger partial charge in [-0.15, -0.1) is 11.3 Å². The highest BCUT2D eigenvalue weighted by Gasteiger charge is 2.17. The van der Waals surface area contributed by atoms with Crippen molar-refractivity contribution in [3.63, 3.8) is 0 Å². The molecule has 0 unspecified atom stereocenters. The second kappa shape index (κ2) is 7.65. The van der Waals surface area contributed by atoms with E-state index in [1.807, 2.05) is 18.2 Å². The van der Waals surface area contributed by atoms with E-state index in [0.717, 1.165) is 33.7 Å². The third kappa shape index (κ3) is 3.45. The number of rotatable bonds is 4. The number of benzene rings is 2. The van der Waals surface area contributed by atoms with Crippen LogP contribution in [0, 0.1) is 0 Å². The Bertz CT molecular complexity index is 1200. The lowest BCUT2D eigenvalue weighted by Crippen LogP contribution is -2.02. The van der Waals surface area contributed by atoms with E-state index in [9.17, 15) is 0 Å². The Balaban J connectivity index is 1.62. The molecular weight excluding hydrogens is 402 g/mol. The largest absolute Gasteiger partial charge is 0.495 e. The third-order valence-corrected chi connectivity index (χ3v) is 6.57. The summed E-state index contributed by atoms with van der Waals surface area (Å²) in [5.74, 6) is 1.47. The number of nitrogens with one attached hydrogen (secondary N) is 1. The van der Waals surface area contributed by atoms with Gasteiger partial charge in [-0.1, -0.05) is 29.8 Å². The molecule has 0 bridgehead atoms. The number of methoxy groups -OCH3 is 1. The number of ether oxygens (including phenoxy) is 1. The number of anilines is 2. The number of thiophene rings is 1. The van der Waals surface area contributed by atoms with Crippen LogP contribution in [0.3, 0.4) is 0 Å². The topological polar surface area (TPSA) is 47.0 Å². The number of nitrogens with zero attached hydrogens (tertiary/aromatic N) is 2. The third-order valence-electron chi connectivity index (χ3n) is 5.44. The normalized spacial score (nSPS) is 13.3. The van der Waals surface area contributed by atoms with Crippen molar-refractivity contribution >= 4 is 44.7 Å². The zero-order valence-corrected chi connectivity index (χ0v) is 17.6. The molecule has 2 aromatic heterocycles. The first-order chi connectivity index (χ1) is 14.2. The SMILES string of the molecule is COc1ccc(Cl)cc1Nc1ncnc2scc(-c3ccc4c(c3)CCCC4)c12. The number of halogens is 1. The zero-order valence-electron chi connectivity index (χ0n) is 16.0. The highest BCUT2D eigenvalue weighted by Crippen LogP contribution is 2.40. The molecule has 0 amide bonds. The minimum atomic E-state index is 0.638. The predicted octanol–water partition coefficient (Wildman–Crippen LogP) is 6.64. The van der Waals surface area contributed by atoms with Crippen LogP contribution in [0.25, 0.3) is 21.3 Å². The Morgan fingerprint density at radius 3 is 2.76 bits per heavy atom. The molecule has 29 heavy (non-hydrogen) atoms. The second-order valence-electron chi connectivity index (χ2n) is 7.21. The maximum atomic E-state index is 6.21. The molecule has 6 heteroatoms. The van der Waals surface area contributed by atoms with Crippen molar-refractivity contribution in [3.8, 4) is 16.9 Å². The summed E-state index contributed by atoms with van der Waals surface area (Å²) in [7, 11) is 1.65. The summed E-state index contributed by atoms with van der Waals surface area (Å²) >= 11 is 7.84. The number of fused-ring (bicyclic) bond motifs is 2. The minimum Gasteiger partial charge on any atom is -0.495 e. The zero-order chi connectivity index (χ0) is 19.8. The maximum absolute atomic E-state index is 6.21. The Morgan fingerprint density at radius 1 is 1.03 bits per heavy atom. The van der Waals surface area contributed by atoms with Gasteiger partial charge in [0.25, 0.3) is 0 Å². The molecule has 0 aliphatic heterocycles. The summed E-state index contributed by atoms with van der Waals surface area (Å²) in [5.41, 5.74) is 6.10. The van der Waals surface area contributed by atoms with Crippen molar-refractivity contribution in [2.24, 2.45) is 0 Å². The van der Waals surface area contributed by atoms with Gasteiger partial charge < -0.3 is 10.1 Å². The van der Waals surface area contributed by atoms with Crippen LogP contribution in [0.5, 0.6) is 5.75 Å². The molecule has 4 nitrogen and oxygen atoms in total. The summed E-state index contributed by atoms with van der Waals surface area (Å²) in [6, 6.07) is 12.4. The molecule has 0 atom stereocenters. The van der Waals surface area contributed by atoms with E-state index in [2.05, 4.69) is 38.9 Å². The second-order valence-corrected chi connectivity index (χ2v) is 8.51. The van der Waals surface area contributed by atoms with E-state index in [1.54, 1.807) is 24.8 Å². The quantitative estimate of drug-likeness (QED) is 0.401. The fourth-order valence-corrected chi connectivity index (χ4v) is 5.08. The molecule has 0 saturated heterocycles. The Labute approximate surface area is 178 Å². The lowest BCUT2D eigenvalue weighted by atomic mass is 9.89. The molecule has 0 radical (unpaired) electrons. The molecule has 1 aliphatic rings.